The summed E-state index contributed by atoms with van der Waals surface area (Å²) in [6.07, 6.45) is 1.52. The highest BCUT2D eigenvalue weighted by atomic mass is 35.5. The number of aliphatic hydroxyl groups is 1. The Hall–Kier alpha value is -2.83. The molecule has 2 aliphatic rings. The van der Waals surface area contributed by atoms with E-state index in [-0.39, 0.29) is 17.4 Å². The van der Waals surface area contributed by atoms with Gasteiger partial charge in [0.1, 0.15) is 17.6 Å². The van der Waals surface area contributed by atoms with Crippen molar-refractivity contribution in [3.63, 3.8) is 0 Å². The van der Waals surface area contributed by atoms with Crippen molar-refractivity contribution in [1.82, 2.24) is 9.80 Å². The SMILES string of the molecule is CCN(CC)CCCN1C(=O)C(=O)/C(=C(/O)c2ccc3c(c2)C[C@H](C)O3)[C@@H]1c1cccc(Cl)c1. The summed E-state index contributed by atoms with van der Waals surface area (Å²) in [5.41, 5.74) is 2.28. The Morgan fingerprint density at radius 1 is 1.18 bits per heavy atom. The van der Waals surface area contributed by atoms with Gasteiger partial charge < -0.3 is 19.6 Å². The normalized spacial score (nSPS) is 21.3. The highest BCUT2D eigenvalue weighted by molar-refractivity contribution is 6.46. The molecule has 2 aliphatic heterocycles. The molecule has 0 aliphatic carbocycles. The quantitative estimate of drug-likeness (QED) is 0.332. The molecule has 0 saturated carbocycles. The van der Waals surface area contributed by atoms with Crippen molar-refractivity contribution in [2.75, 3.05) is 26.2 Å². The van der Waals surface area contributed by atoms with E-state index in [9.17, 15) is 14.7 Å². The molecule has 0 bridgehead atoms. The van der Waals surface area contributed by atoms with E-state index in [0.717, 1.165) is 43.8 Å². The molecule has 2 heterocycles. The molecule has 0 unspecified atom stereocenters. The van der Waals surface area contributed by atoms with E-state index in [2.05, 4.69) is 18.7 Å². The van der Waals surface area contributed by atoms with E-state index in [0.29, 0.717) is 22.7 Å². The maximum atomic E-state index is 13.2. The summed E-state index contributed by atoms with van der Waals surface area (Å²) in [6, 6.07) is 11.8. The Labute approximate surface area is 205 Å². The van der Waals surface area contributed by atoms with Gasteiger partial charge in [0.05, 0.1) is 11.6 Å². The molecular weight excluding hydrogens is 452 g/mol. The molecule has 180 valence electrons. The molecule has 0 aromatic heterocycles. The van der Waals surface area contributed by atoms with Gasteiger partial charge in [-0.15, -0.1) is 0 Å². The van der Waals surface area contributed by atoms with Gasteiger partial charge in [0.25, 0.3) is 11.7 Å². The number of likely N-dealkylation sites (tertiary alicyclic amines) is 1. The number of hydrogen-bond acceptors (Lipinski definition) is 5. The number of carbonyl (C=O) groups is 2. The number of ketones is 1. The summed E-state index contributed by atoms with van der Waals surface area (Å²) in [5, 5.41) is 11.8. The van der Waals surface area contributed by atoms with Crippen LogP contribution in [0.1, 0.15) is 49.9 Å². The topological polar surface area (TPSA) is 70.1 Å². The number of hydrogen-bond donors (Lipinski definition) is 1. The first kappa shape index (κ1) is 24.3. The number of fused-ring (bicyclic) bond motifs is 1. The molecule has 0 radical (unpaired) electrons. The van der Waals surface area contributed by atoms with Crippen molar-refractivity contribution >= 4 is 29.1 Å². The van der Waals surface area contributed by atoms with Crippen LogP contribution < -0.4 is 4.74 Å². The summed E-state index contributed by atoms with van der Waals surface area (Å²) in [6.45, 7) is 9.27. The van der Waals surface area contributed by atoms with E-state index in [1.807, 2.05) is 25.1 Å². The zero-order valence-corrected chi connectivity index (χ0v) is 20.6. The maximum Gasteiger partial charge on any atom is 0.295 e. The van der Waals surface area contributed by atoms with Crippen molar-refractivity contribution < 1.29 is 19.4 Å². The van der Waals surface area contributed by atoms with Gasteiger partial charge in [0, 0.05) is 23.6 Å². The second-order valence-electron chi connectivity index (χ2n) is 8.88. The smallest absolute Gasteiger partial charge is 0.295 e. The third-order valence-corrected chi connectivity index (χ3v) is 6.88. The lowest BCUT2D eigenvalue weighted by Gasteiger charge is -2.27. The lowest BCUT2D eigenvalue weighted by Crippen LogP contribution is -2.33. The van der Waals surface area contributed by atoms with E-state index in [4.69, 9.17) is 16.3 Å². The molecule has 2 aromatic rings. The summed E-state index contributed by atoms with van der Waals surface area (Å²) in [5.74, 6) is -0.649. The third-order valence-electron chi connectivity index (χ3n) is 6.64. The highest BCUT2D eigenvalue weighted by Crippen LogP contribution is 2.41. The minimum absolute atomic E-state index is 0.0650. The summed E-state index contributed by atoms with van der Waals surface area (Å²) in [4.78, 5) is 30.2. The van der Waals surface area contributed by atoms with Crippen molar-refractivity contribution in [3.8, 4) is 5.75 Å². The highest BCUT2D eigenvalue weighted by Gasteiger charge is 2.46. The van der Waals surface area contributed by atoms with Crippen molar-refractivity contribution in [2.45, 2.75) is 45.8 Å². The average molecular weight is 483 g/mol. The summed E-state index contributed by atoms with van der Waals surface area (Å²) >= 11 is 6.26. The fourth-order valence-corrected chi connectivity index (χ4v) is 5.06. The Kier molecular flexibility index (Phi) is 7.29. The fraction of sp³-hybridized carbons (Fsp3) is 0.407. The number of carbonyl (C=O) groups excluding carboxylic acids is 2. The van der Waals surface area contributed by atoms with E-state index >= 15 is 0 Å². The lowest BCUT2D eigenvalue weighted by atomic mass is 9.94. The number of aliphatic hydroxyl groups excluding tert-OH is 1. The third kappa shape index (κ3) is 4.70. The number of halogens is 1. The van der Waals surface area contributed by atoms with Gasteiger partial charge in [-0.1, -0.05) is 37.6 Å². The second kappa shape index (κ2) is 10.2. The Morgan fingerprint density at radius 3 is 2.65 bits per heavy atom. The van der Waals surface area contributed by atoms with Gasteiger partial charge in [-0.3, -0.25) is 9.59 Å². The number of benzene rings is 2. The minimum Gasteiger partial charge on any atom is -0.507 e. The van der Waals surface area contributed by atoms with Crippen LogP contribution in [0.5, 0.6) is 5.75 Å². The number of rotatable bonds is 8. The Bertz CT molecular complexity index is 1130. The van der Waals surface area contributed by atoms with Crippen LogP contribution in [0.25, 0.3) is 5.76 Å². The molecule has 1 saturated heterocycles. The van der Waals surface area contributed by atoms with Crippen molar-refractivity contribution in [2.24, 2.45) is 0 Å². The van der Waals surface area contributed by atoms with Crippen molar-refractivity contribution in [1.29, 1.82) is 0 Å². The van der Waals surface area contributed by atoms with Crippen LogP contribution in [-0.2, 0) is 16.0 Å². The van der Waals surface area contributed by atoms with E-state index in [1.54, 1.807) is 29.2 Å². The van der Waals surface area contributed by atoms with Crippen LogP contribution in [0.4, 0.5) is 0 Å². The predicted molar refractivity (Wildman–Crippen MR) is 133 cm³/mol. The van der Waals surface area contributed by atoms with Crippen LogP contribution in [0.2, 0.25) is 5.02 Å². The second-order valence-corrected chi connectivity index (χ2v) is 9.32. The van der Waals surface area contributed by atoms with Crippen LogP contribution in [0.3, 0.4) is 0 Å². The maximum absolute atomic E-state index is 13.2. The number of amides is 1. The van der Waals surface area contributed by atoms with Gasteiger partial charge >= 0.3 is 0 Å². The standard InChI is InChI=1S/C27H31ClN2O4/c1-4-29(5-2)12-7-13-30-24(18-8-6-9-21(28)16-18)23(26(32)27(30)33)25(31)19-10-11-22-20(15-19)14-17(3)34-22/h6,8-11,15-17,24,31H,4-5,7,12-14H2,1-3H3/b25-23+/t17-,24-/m0/s1. The molecule has 1 amide bonds. The van der Waals surface area contributed by atoms with Gasteiger partial charge in [-0.25, -0.2) is 0 Å². The minimum atomic E-state index is -0.696. The fourth-order valence-electron chi connectivity index (χ4n) is 4.86. The van der Waals surface area contributed by atoms with Crippen LogP contribution in [0.15, 0.2) is 48.0 Å². The monoisotopic (exact) mass is 482 g/mol. The van der Waals surface area contributed by atoms with Gasteiger partial charge in [0.2, 0.25) is 0 Å². The number of nitrogens with zero attached hydrogens (tertiary/aromatic N) is 2. The van der Waals surface area contributed by atoms with Crippen LogP contribution in [0, 0.1) is 0 Å². The molecule has 6 nitrogen and oxygen atoms in total. The van der Waals surface area contributed by atoms with E-state index < -0.39 is 17.7 Å². The van der Waals surface area contributed by atoms with Gasteiger partial charge in [-0.2, -0.15) is 0 Å². The lowest BCUT2D eigenvalue weighted by molar-refractivity contribution is -0.140. The zero-order chi connectivity index (χ0) is 24.4. The number of Topliss-reactive ketones (excluding diaryl/α,β-unsaturated/α-hetero) is 1. The van der Waals surface area contributed by atoms with Gasteiger partial charge in [-0.05, 0) is 74.4 Å². The average Bonchev–Trinajstić information content (AvgIpc) is 3.32. The predicted octanol–water partition coefficient (Wildman–Crippen LogP) is 4.82. The zero-order valence-electron chi connectivity index (χ0n) is 19.9. The first-order valence-electron chi connectivity index (χ1n) is 11.9. The van der Waals surface area contributed by atoms with Crippen LogP contribution >= 0.6 is 11.6 Å². The summed E-state index contributed by atoms with van der Waals surface area (Å²) < 4.78 is 5.76. The van der Waals surface area contributed by atoms with Crippen LogP contribution in [-0.4, -0.2) is 58.9 Å². The molecule has 4 rings (SSSR count). The van der Waals surface area contributed by atoms with Gasteiger partial charge in [0.15, 0.2) is 0 Å². The Morgan fingerprint density at radius 2 is 1.94 bits per heavy atom. The molecule has 2 atom stereocenters. The van der Waals surface area contributed by atoms with Crippen molar-refractivity contribution in [3.05, 3.63) is 69.8 Å². The molecule has 2 aromatic carbocycles. The number of ether oxygens (including phenoxy) is 1. The molecular formula is C27H31ClN2O4. The first-order chi connectivity index (χ1) is 16.3. The Balaban J connectivity index is 1.73. The van der Waals surface area contributed by atoms with E-state index in [1.165, 1.54) is 0 Å². The molecule has 7 heteroatoms. The molecule has 1 N–H and O–H groups in total. The molecule has 0 spiro atoms. The molecule has 34 heavy (non-hydrogen) atoms. The largest absolute Gasteiger partial charge is 0.507 e. The summed E-state index contributed by atoms with van der Waals surface area (Å²) in [7, 11) is 0. The molecule has 1 fully saturated rings. The first-order valence-corrected chi connectivity index (χ1v) is 12.3.